The van der Waals surface area contributed by atoms with Crippen LogP contribution in [0.3, 0.4) is 0 Å². The molecule has 71 heavy (non-hydrogen) atoms. The van der Waals surface area contributed by atoms with Gasteiger partial charge in [-0.05, 0) is 171 Å². The first kappa shape index (κ1) is 41.9. The third-order valence-corrected chi connectivity index (χ3v) is 14.3. The molecule has 13 rings (SSSR count). The highest BCUT2D eigenvalue weighted by atomic mass is 15.1. The van der Waals surface area contributed by atoms with Crippen LogP contribution < -0.4 is 4.90 Å². The summed E-state index contributed by atoms with van der Waals surface area (Å²) in [5, 5.41) is 10.2. The Labute approximate surface area is 414 Å². The van der Waals surface area contributed by atoms with Gasteiger partial charge in [-0.15, -0.1) is 0 Å². The van der Waals surface area contributed by atoms with Crippen LogP contribution in [0.1, 0.15) is 0 Å². The molecule has 0 amide bonds. The zero-order valence-corrected chi connectivity index (χ0v) is 39.1. The smallest absolute Gasteiger partial charge is 0.0462 e. The lowest BCUT2D eigenvalue weighted by molar-refractivity contribution is 1.28. The first-order chi connectivity index (χ1) is 35.1. The summed E-state index contributed by atoms with van der Waals surface area (Å²) < 4.78 is 0. The molecule has 0 radical (unpaired) electrons. The Kier molecular flexibility index (Phi) is 10.6. The van der Waals surface area contributed by atoms with E-state index < -0.39 is 0 Å². The third kappa shape index (κ3) is 8.10. The number of anilines is 3. The van der Waals surface area contributed by atoms with Crippen LogP contribution in [0.15, 0.2) is 285 Å². The average molecular weight is 902 g/mol. The first-order valence-electron chi connectivity index (χ1n) is 24.5. The third-order valence-electron chi connectivity index (χ3n) is 14.3. The lowest BCUT2D eigenvalue weighted by Gasteiger charge is -2.26. The molecule has 13 aromatic carbocycles. The van der Waals surface area contributed by atoms with Gasteiger partial charge in [0.1, 0.15) is 0 Å². The van der Waals surface area contributed by atoms with E-state index >= 15 is 0 Å². The molecule has 0 unspecified atom stereocenters. The van der Waals surface area contributed by atoms with Crippen molar-refractivity contribution in [2.24, 2.45) is 0 Å². The molecule has 0 N–H and O–H groups in total. The molecule has 0 aliphatic heterocycles. The second kappa shape index (κ2) is 18.0. The Balaban J connectivity index is 0.819. The second-order valence-corrected chi connectivity index (χ2v) is 18.5. The predicted octanol–water partition coefficient (Wildman–Crippen LogP) is 19.8. The van der Waals surface area contributed by atoms with Crippen LogP contribution in [0.25, 0.3) is 110 Å². The molecule has 0 atom stereocenters. The van der Waals surface area contributed by atoms with E-state index in [1.54, 1.807) is 0 Å². The minimum absolute atomic E-state index is 1.09. The van der Waals surface area contributed by atoms with Crippen molar-refractivity contribution in [3.05, 3.63) is 285 Å². The van der Waals surface area contributed by atoms with Gasteiger partial charge in [-0.3, -0.25) is 0 Å². The van der Waals surface area contributed by atoms with Gasteiger partial charge in [0.15, 0.2) is 0 Å². The molecule has 0 heterocycles. The van der Waals surface area contributed by atoms with Crippen molar-refractivity contribution in [2.75, 3.05) is 4.90 Å². The van der Waals surface area contributed by atoms with Gasteiger partial charge in [-0.25, -0.2) is 0 Å². The summed E-state index contributed by atoms with van der Waals surface area (Å²) in [6, 6.07) is 104. The van der Waals surface area contributed by atoms with E-state index in [0.717, 1.165) is 17.1 Å². The largest absolute Gasteiger partial charge is 0.311 e. The molecular weight excluding hydrogens is 855 g/mol. The van der Waals surface area contributed by atoms with Crippen LogP contribution in [0.5, 0.6) is 0 Å². The van der Waals surface area contributed by atoms with Crippen LogP contribution in [0.2, 0.25) is 0 Å². The van der Waals surface area contributed by atoms with Crippen LogP contribution >= 0.6 is 0 Å². The number of nitrogens with zero attached hydrogens (tertiary/aromatic N) is 1. The van der Waals surface area contributed by atoms with Gasteiger partial charge in [0.2, 0.25) is 0 Å². The molecule has 0 saturated heterocycles. The fourth-order valence-corrected chi connectivity index (χ4v) is 10.5. The van der Waals surface area contributed by atoms with Gasteiger partial charge in [0.25, 0.3) is 0 Å². The first-order valence-corrected chi connectivity index (χ1v) is 24.5. The Morgan fingerprint density at radius 2 is 0.423 bits per heavy atom. The summed E-state index contributed by atoms with van der Waals surface area (Å²) >= 11 is 0. The van der Waals surface area contributed by atoms with E-state index in [4.69, 9.17) is 0 Å². The molecule has 0 saturated carbocycles. The van der Waals surface area contributed by atoms with E-state index in [1.165, 1.54) is 110 Å². The normalized spacial score (nSPS) is 11.4. The monoisotopic (exact) mass is 901 g/mol. The molecule has 332 valence electrons. The molecule has 0 aliphatic rings. The number of benzene rings is 13. The van der Waals surface area contributed by atoms with E-state index in [9.17, 15) is 0 Å². The molecule has 0 aromatic heterocycles. The molecule has 0 aliphatic carbocycles. The summed E-state index contributed by atoms with van der Waals surface area (Å²) in [4.78, 5) is 2.36. The maximum Gasteiger partial charge on any atom is 0.0462 e. The average Bonchev–Trinajstić information content (AvgIpc) is 3.46. The quantitative estimate of drug-likeness (QED) is 0.131. The lowest BCUT2D eigenvalue weighted by Crippen LogP contribution is -2.09. The second-order valence-electron chi connectivity index (χ2n) is 18.5. The number of rotatable bonds is 9. The van der Waals surface area contributed by atoms with Gasteiger partial charge in [0.05, 0.1) is 0 Å². The van der Waals surface area contributed by atoms with Gasteiger partial charge in [-0.2, -0.15) is 0 Å². The van der Waals surface area contributed by atoms with Crippen molar-refractivity contribution in [3.63, 3.8) is 0 Å². The highest BCUT2D eigenvalue weighted by Gasteiger charge is 2.15. The summed E-state index contributed by atoms with van der Waals surface area (Å²) in [6.07, 6.45) is 0. The van der Waals surface area contributed by atoms with E-state index in [-0.39, 0.29) is 0 Å². The van der Waals surface area contributed by atoms with Gasteiger partial charge >= 0.3 is 0 Å². The minimum atomic E-state index is 1.09. The van der Waals surface area contributed by atoms with Crippen molar-refractivity contribution < 1.29 is 0 Å². The fourth-order valence-electron chi connectivity index (χ4n) is 10.5. The Morgan fingerprint density at radius 3 is 0.845 bits per heavy atom. The molecule has 1 heteroatoms. The lowest BCUT2D eigenvalue weighted by atomic mass is 9.95. The zero-order chi connectivity index (χ0) is 47.1. The highest BCUT2D eigenvalue weighted by Crippen LogP contribution is 2.40. The van der Waals surface area contributed by atoms with Crippen LogP contribution in [0.4, 0.5) is 17.1 Å². The van der Waals surface area contributed by atoms with Crippen LogP contribution in [-0.2, 0) is 0 Å². The number of hydrogen-bond donors (Lipinski definition) is 0. The zero-order valence-electron chi connectivity index (χ0n) is 39.1. The van der Waals surface area contributed by atoms with Gasteiger partial charge in [0, 0.05) is 17.1 Å². The highest BCUT2D eigenvalue weighted by molar-refractivity contribution is 6.09. The Morgan fingerprint density at radius 1 is 0.155 bits per heavy atom. The van der Waals surface area contributed by atoms with Crippen molar-refractivity contribution >= 4 is 60.2 Å². The summed E-state index contributed by atoms with van der Waals surface area (Å²) in [6.45, 7) is 0. The van der Waals surface area contributed by atoms with E-state index in [0.29, 0.717) is 0 Å². The summed E-state index contributed by atoms with van der Waals surface area (Å²) in [5.74, 6) is 0. The molecule has 0 bridgehead atoms. The van der Waals surface area contributed by atoms with Crippen molar-refractivity contribution in [1.82, 2.24) is 0 Å². The maximum absolute atomic E-state index is 2.36. The van der Waals surface area contributed by atoms with Crippen LogP contribution in [-0.4, -0.2) is 0 Å². The van der Waals surface area contributed by atoms with E-state index in [1.807, 2.05) is 0 Å². The van der Waals surface area contributed by atoms with Crippen molar-refractivity contribution in [3.8, 4) is 66.8 Å². The molecular formula is C70H47N. The molecule has 1 nitrogen and oxygen atoms in total. The fraction of sp³-hybridized carbons (Fsp3) is 0. The topological polar surface area (TPSA) is 3.24 Å². The molecule has 13 aromatic rings. The minimum Gasteiger partial charge on any atom is -0.311 e. The number of hydrogen-bond acceptors (Lipinski definition) is 1. The Hall–Kier alpha value is -9.30. The van der Waals surface area contributed by atoms with Crippen molar-refractivity contribution in [1.29, 1.82) is 0 Å². The van der Waals surface area contributed by atoms with Crippen molar-refractivity contribution in [2.45, 2.75) is 0 Å². The molecule has 0 spiro atoms. The predicted molar refractivity (Wildman–Crippen MR) is 304 cm³/mol. The summed E-state index contributed by atoms with van der Waals surface area (Å²) in [5.41, 5.74) is 17.6. The van der Waals surface area contributed by atoms with Gasteiger partial charge < -0.3 is 4.90 Å². The summed E-state index contributed by atoms with van der Waals surface area (Å²) in [7, 11) is 0. The maximum atomic E-state index is 2.36. The molecule has 0 fully saturated rings. The number of fused-ring (bicyclic) bond motifs is 6. The SMILES string of the molecule is c1ccc(-c2ccc(-c3ccc(N(c4ccc(-c5cccc(-c6ccc7c(ccc8ccccc87)c6)c5)cc4)c4ccc(-c5cccc(-c6ccc7c(ccc8ccccc87)c6)c5)cc4)cc3)cc2)cc1. The van der Waals surface area contributed by atoms with Gasteiger partial charge in [-0.1, -0.05) is 224 Å². The Bertz CT molecular complexity index is 3850. The van der Waals surface area contributed by atoms with E-state index in [2.05, 4.69) is 290 Å². The van der Waals surface area contributed by atoms with Crippen LogP contribution in [0, 0.1) is 0 Å². The standard InChI is InChI=1S/C70H47N/c1-2-10-48(11-3-1)49-20-22-50(23-21-49)51-28-36-64(37-29-51)71(65-38-30-52(31-39-65)56-14-8-16-58(44-56)60-34-42-69-62(46-60)26-24-54-12-4-6-18-67(54)69)66-40-32-53(33-41-66)57-15-9-17-59(45-57)61-35-43-70-63(47-61)27-25-55-13-5-7-19-68(55)70/h1-47H.